The van der Waals surface area contributed by atoms with Gasteiger partial charge >= 0.3 is 0 Å². The van der Waals surface area contributed by atoms with Crippen LogP contribution in [0, 0.1) is 12.8 Å². The van der Waals surface area contributed by atoms with Crippen molar-refractivity contribution >= 4 is 46.9 Å². The number of pyridine rings is 1. The monoisotopic (exact) mass is 503 g/mol. The maximum absolute atomic E-state index is 12.7. The van der Waals surface area contributed by atoms with Gasteiger partial charge in [-0.2, -0.15) is 0 Å². The molecule has 0 unspecified atom stereocenters. The SMILES string of the molecule is Cc1cccc(C[C@@H]2CN[C@@H](C(=O)N[C@@H](C)C(=O)NCc3cnc4c(c3)c(Cl)cn4C)C2)c1.Cl. The molecule has 9 heteroatoms. The number of aromatic nitrogens is 2. The van der Waals surface area contributed by atoms with Crippen molar-refractivity contribution in [1.82, 2.24) is 25.5 Å². The highest BCUT2D eigenvalue weighted by molar-refractivity contribution is 6.35. The number of amides is 2. The molecular formula is C25H31Cl2N5O2. The smallest absolute Gasteiger partial charge is 0.242 e. The zero-order valence-corrected chi connectivity index (χ0v) is 21.2. The molecule has 3 aromatic rings. The van der Waals surface area contributed by atoms with Gasteiger partial charge in [-0.3, -0.25) is 9.59 Å². The average molecular weight is 504 g/mol. The van der Waals surface area contributed by atoms with Gasteiger partial charge in [0.2, 0.25) is 11.8 Å². The minimum absolute atomic E-state index is 0. The second kappa shape index (κ2) is 11.2. The van der Waals surface area contributed by atoms with E-state index in [0.717, 1.165) is 36.0 Å². The summed E-state index contributed by atoms with van der Waals surface area (Å²) >= 11 is 6.24. The largest absolute Gasteiger partial charge is 0.350 e. The van der Waals surface area contributed by atoms with E-state index in [1.165, 1.54) is 11.1 Å². The van der Waals surface area contributed by atoms with Crippen LogP contribution < -0.4 is 16.0 Å². The number of nitrogens with zero attached hydrogens (tertiary/aromatic N) is 2. The van der Waals surface area contributed by atoms with E-state index in [1.807, 2.05) is 23.9 Å². The van der Waals surface area contributed by atoms with Gasteiger partial charge in [-0.25, -0.2) is 4.98 Å². The van der Waals surface area contributed by atoms with E-state index in [9.17, 15) is 9.59 Å². The third-order valence-corrected chi connectivity index (χ3v) is 6.49. The molecule has 1 saturated heterocycles. The van der Waals surface area contributed by atoms with Gasteiger partial charge in [-0.1, -0.05) is 41.4 Å². The number of hydrogen-bond donors (Lipinski definition) is 3. The quantitative estimate of drug-likeness (QED) is 0.461. The highest BCUT2D eigenvalue weighted by Gasteiger charge is 2.30. The molecular weight excluding hydrogens is 473 g/mol. The Hall–Kier alpha value is -2.61. The van der Waals surface area contributed by atoms with Crippen LogP contribution in [0.2, 0.25) is 5.02 Å². The predicted octanol–water partition coefficient (Wildman–Crippen LogP) is 3.30. The van der Waals surface area contributed by atoms with E-state index < -0.39 is 6.04 Å². The van der Waals surface area contributed by atoms with E-state index in [4.69, 9.17) is 11.6 Å². The van der Waals surface area contributed by atoms with Gasteiger partial charge in [0, 0.05) is 31.4 Å². The zero-order chi connectivity index (χ0) is 23.5. The molecule has 0 radical (unpaired) electrons. The number of carbonyl (C=O) groups excluding carboxylic acids is 2. The van der Waals surface area contributed by atoms with Crippen molar-refractivity contribution < 1.29 is 9.59 Å². The summed E-state index contributed by atoms with van der Waals surface area (Å²) in [5, 5.41) is 10.5. The number of carbonyl (C=O) groups is 2. The van der Waals surface area contributed by atoms with Crippen molar-refractivity contribution in [2.24, 2.45) is 13.0 Å². The third kappa shape index (κ3) is 6.09. The topological polar surface area (TPSA) is 88.1 Å². The van der Waals surface area contributed by atoms with E-state index in [0.29, 0.717) is 17.5 Å². The molecule has 34 heavy (non-hydrogen) atoms. The molecule has 4 rings (SSSR count). The lowest BCUT2D eigenvalue weighted by Crippen LogP contribution is -2.49. The summed E-state index contributed by atoms with van der Waals surface area (Å²) in [6.07, 6.45) is 5.23. The number of aryl methyl sites for hydroxylation is 2. The number of fused-ring (bicyclic) bond motifs is 1. The Bertz CT molecular complexity index is 1180. The number of rotatable bonds is 7. The molecule has 3 heterocycles. The molecule has 2 amide bonds. The van der Waals surface area contributed by atoms with E-state index >= 15 is 0 Å². The first kappa shape index (κ1) is 26.0. The van der Waals surface area contributed by atoms with Crippen LogP contribution in [-0.2, 0) is 29.6 Å². The van der Waals surface area contributed by atoms with Crippen LogP contribution in [0.1, 0.15) is 30.0 Å². The molecule has 1 aliphatic heterocycles. The molecule has 7 nitrogen and oxygen atoms in total. The lowest BCUT2D eigenvalue weighted by Gasteiger charge is -2.17. The van der Waals surface area contributed by atoms with Crippen molar-refractivity contribution in [2.45, 2.75) is 45.3 Å². The summed E-state index contributed by atoms with van der Waals surface area (Å²) in [7, 11) is 1.89. The summed E-state index contributed by atoms with van der Waals surface area (Å²) < 4.78 is 1.86. The van der Waals surface area contributed by atoms with Crippen molar-refractivity contribution in [2.75, 3.05) is 6.54 Å². The Labute approximate surface area is 211 Å². The predicted molar refractivity (Wildman–Crippen MR) is 137 cm³/mol. The fourth-order valence-corrected chi connectivity index (χ4v) is 4.70. The highest BCUT2D eigenvalue weighted by atomic mass is 35.5. The molecule has 0 aliphatic carbocycles. The summed E-state index contributed by atoms with van der Waals surface area (Å²) in [5.41, 5.74) is 4.18. The Kier molecular flexibility index (Phi) is 8.57. The molecule has 3 N–H and O–H groups in total. The molecule has 1 aromatic carbocycles. The molecule has 0 bridgehead atoms. The average Bonchev–Trinajstić information content (AvgIpc) is 3.36. The summed E-state index contributed by atoms with van der Waals surface area (Å²) in [6, 6.07) is 9.49. The summed E-state index contributed by atoms with van der Waals surface area (Å²) in [6.45, 7) is 4.89. The van der Waals surface area contributed by atoms with Crippen LogP contribution in [0.15, 0.2) is 42.7 Å². The van der Waals surface area contributed by atoms with Crippen LogP contribution in [0.4, 0.5) is 0 Å². The molecule has 3 atom stereocenters. The minimum Gasteiger partial charge on any atom is -0.350 e. The first-order chi connectivity index (χ1) is 15.8. The van der Waals surface area contributed by atoms with E-state index in [-0.39, 0.29) is 30.3 Å². The standard InChI is InChI=1S/C25H30ClN5O2.ClH/c1-15-5-4-6-17(7-15)8-18-10-22(27-11-18)25(33)30-16(2)24(32)29-13-19-9-20-21(26)14-31(3)23(20)28-12-19;/h4-7,9,12,14,16,18,22,27H,8,10-11,13H2,1-3H3,(H,29,32)(H,30,33);1H/t16-,18-,22+;/m0./s1. The van der Waals surface area contributed by atoms with Crippen molar-refractivity contribution in [3.63, 3.8) is 0 Å². The van der Waals surface area contributed by atoms with Gasteiger partial charge in [0.25, 0.3) is 0 Å². The maximum atomic E-state index is 12.7. The number of hydrogen-bond acceptors (Lipinski definition) is 4. The van der Waals surface area contributed by atoms with Gasteiger partial charge < -0.3 is 20.5 Å². The molecule has 1 aliphatic rings. The van der Waals surface area contributed by atoms with Gasteiger partial charge in [0.05, 0.1) is 11.1 Å². The van der Waals surface area contributed by atoms with Crippen molar-refractivity contribution in [3.8, 4) is 0 Å². The maximum Gasteiger partial charge on any atom is 0.242 e. The van der Waals surface area contributed by atoms with E-state index in [2.05, 4.69) is 52.1 Å². The Balaban J connectivity index is 0.00000324. The van der Waals surface area contributed by atoms with Gasteiger partial charge in [-0.05, 0) is 56.3 Å². The molecule has 2 aromatic heterocycles. The fourth-order valence-electron chi connectivity index (χ4n) is 4.41. The second-order valence-corrected chi connectivity index (χ2v) is 9.41. The van der Waals surface area contributed by atoms with Crippen LogP contribution in [-0.4, -0.2) is 40.0 Å². The summed E-state index contributed by atoms with van der Waals surface area (Å²) in [4.78, 5) is 29.7. The highest BCUT2D eigenvalue weighted by Crippen LogP contribution is 2.24. The van der Waals surface area contributed by atoms with E-state index in [1.54, 1.807) is 13.1 Å². The zero-order valence-electron chi connectivity index (χ0n) is 19.6. The lowest BCUT2D eigenvalue weighted by molar-refractivity contribution is -0.129. The number of benzene rings is 1. The first-order valence-electron chi connectivity index (χ1n) is 11.3. The van der Waals surface area contributed by atoms with Gasteiger partial charge in [0.1, 0.15) is 11.7 Å². The molecule has 0 saturated carbocycles. The Morgan fingerprint density at radius 2 is 2.09 bits per heavy atom. The normalized spacial score (nSPS) is 18.4. The third-order valence-electron chi connectivity index (χ3n) is 6.19. The van der Waals surface area contributed by atoms with Crippen LogP contribution in [0.25, 0.3) is 11.0 Å². The Morgan fingerprint density at radius 3 is 2.85 bits per heavy atom. The summed E-state index contributed by atoms with van der Waals surface area (Å²) in [5.74, 6) is 0.0272. The van der Waals surface area contributed by atoms with Gasteiger partial charge in [0.15, 0.2) is 0 Å². The lowest BCUT2D eigenvalue weighted by atomic mass is 9.95. The van der Waals surface area contributed by atoms with Crippen molar-refractivity contribution in [3.05, 3.63) is 64.4 Å². The van der Waals surface area contributed by atoms with Crippen LogP contribution in [0.5, 0.6) is 0 Å². The number of halogens is 2. The molecule has 1 fully saturated rings. The second-order valence-electron chi connectivity index (χ2n) is 9.01. The van der Waals surface area contributed by atoms with Crippen molar-refractivity contribution in [1.29, 1.82) is 0 Å². The molecule has 182 valence electrons. The molecule has 0 spiro atoms. The first-order valence-corrected chi connectivity index (χ1v) is 11.6. The number of nitrogens with one attached hydrogen (secondary N) is 3. The minimum atomic E-state index is -0.632. The fraction of sp³-hybridized carbons (Fsp3) is 0.400. The van der Waals surface area contributed by atoms with Crippen LogP contribution >= 0.6 is 24.0 Å². The Morgan fingerprint density at radius 1 is 1.29 bits per heavy atom. The van der Waals surface area contributed by atoms with Gasteiger partial charge in [-0.15, -0.1) is 12.4 Å². The van der Waals surface area contributed by atoms with Crippen LogP contribution in [0.3, 0.4) is 0 Å².